The molecule has 38 heavy (non-hydrogen) atoms. The van der Waals surface area contributed by atoms with Crippen LogP contribution in [-0.2, 0) is 17.9 Å². The molecule has 0 unspecified atom stereocenters. The third-order valence-corrected chi connectivity index (χ3v) is 6.55. The fourth-order valence-electron chi connectivity index (χ4n) is 4.82. The summed E-state index contributed by atoms with van der Waals surface area (Å²) < 4.78 is 71.4. The van der Waals surface area contributed by atoms with Crippen molar-refractivity contribution in [3.63, 3.8) is 0 Å². The largest absolute Gasteiger partial charge is 0.573 e. The van der Waals surface area contributed by atoms with Crippen molar-refractivity contribution in [2.45, 2.75) is 38.2 Å². The Morgan fingerprint density at radius 2 is 1.87 bits per heavy atom. The summed E-state index contributed by atoms with van der Waals surface area (Å²) >= 11 is 0. The number of benzene rings is 2. The van der Waals surface area contributed by atoms with E-state index in [0.29, 0.717) is 24.0 Å². The van der Waals surface area contributed by atoms with Crippen LogP contribution in [0.5, 0.6) is 5.75 Å². The predicted molar refractivity (Wildman–Crippen MR) is 128 cm³/mol. The molecule has 1 saturated heterocycles. The van der Waals surface area contributed by atoms with Crippen LogP contribution in [0.25, 0.3) is 10.9 Å². The molecule has 2 aromatic carbocycles. The Morgan fingerprint density at radius 3 is 2.53 bits per heavy atom. The molecule has 12 heteroatoms. The lowest BCUT2D eigenvalue weighted by Crippen LogP contribution is -2.38. The summed E-state index contributed by atoms with van der Waals surface area (Å²) in [5, 5.41) is 12.1. The first kappa shape index (κ1) is 27.4. The number of piperidine rings is 1. The minimum atomic E-state index is -4.93. The maximum absolute atomic E-state index is 14.6. The van der Waals surface area contributed by atoms with Gasteiger partial charge in [0.2, 0.25) is 0 Å². The van der Waals surface area contributed by atoms with Gasteiger partial charge >= 0.3 is 6.36 Å². The number of likely N-dealkylation sites (tertiary alicyclic amines) is 1. The second-order valence-corrected chi connectivity index (χ2v) is 8.99. The van der Waals surface area contributed by atoms with Gasteiger partial charge in [0.1, 0.15) is 5.82 Å². The van der Waals surface area contributed by atoms with Crippen LogP contribution in [0.4, 0.5) is 22.0 Å². The van der Waals surface area contributed by atoms with Gasteiger partial charge in [-0.3, -0.25) is 9.59 Å². The van der Waals surface area contributed by atoms with Crippen LogP contribution in [0, 0.1) is 5.82 Å². The third-order valence-electron chi connectivity index (χ3n) is 6.55. The van der Waals surface area contributed by atoms with Crippen LogP contribution in [0.3, 0.4) is 0 Å². The van der Waals surface area contributed by atoms with Gasteiger partial charge in [0.05, 0.1) is 17.7 Å². The lowest BCUT2D eigenvalue weighted by molar-refractivity contribution is -0.274. The van der Waals surface area contributed by atoms with Gasteiger partial charge in [-0.2, -0.15) is 0 Å². The van der Waals surface area contributed by atoms with Crippen molar-refractivity contribution in [3.05, 3.63) is 65.1 Å². The Kier molecular flexibility index (Phi) is 8.20. The van der Waals surface area contributed by atoms with Crippen LogP contribution >= 0.6 is 0 Å². The molecule has 1 aliphatic heterocycles. The topological polar surface area (TPSA) is 83.8 Å². The minimum Gasteiger partial charge on any atom is -0.404 e. The van der Waals surface area contributed by atoms with Crippen LogP contribution in [0.1, 0.15) is 40.2 Å². The molecule has 0 aliphatic carbocycles. The Bertz CT molecular complexity index is 1320. The first-order chi connectivity index (χ1) is 18.1. The van der Waals surface area contributed by atoms with E-state index in [2.05, 4.69) is 10.1 Å². The summed E-state index contributed by atoms with van der Waals surface area (Å²) in [5.41, 5.74) is 1.29. The molecule has 2 heterocycles. The van der Waals surface area contributed by atoms with Gasteiger partial charge in [-0.25, -0.2) is 8.78 Å². The number of rotatable bonds is 8. The number of halogens is 5. The van der Waals surface area contributed by atoms with Crippen molar-refractivity contribution in [2.24, 2.45) is 0 Å². The molecule has 2 N–H and O–H groups in total. The Morgan fingerprint density at radius 1 is 1.13 bits per heavy atom. The van der Waals surface area contributed by atoms with Crippen LogP contribution < -0.4 is 10.1 Å². The molecule has 1 aliphatic rings. The summed E-state index contributed by atoms with van der Waals surface area (Å²) in [4.78, 5) is 26.2. The minimum absolute atomic E-state index is 0.0362. The number of carbonyl (C=O) groups excluding carboxylic acids is 2. The molecule has 204 valence electrons. The fourth-order valence-corrected chi connectivity index (χ4v) is 4.82. The van der Waals surface area contributed by atoms with Crippen LogP contribution in [0.2, 0.25) is 0 Å². The van der Waals surface area contributed by atoms with E-state index in [4.69, 9.17) is 0 Å². The number of para-hydroxylation sites is 1. The van der Waals surface area contributed by atoms with Crippen molar-refractivity contribution in [1.82, 2.24) is 14.8 Å². The van der Waals surface area contributed by atoms with Gasteiger partial charge in [0, 0.05) is 37.8 Å². The van der Waals surface area contributed by atoms with Gasteiger partial charge in [-0.05, 0) is 42.0 Å². The van der Waals surface area contributed by atoms with Crippen molar-refractivity contribution < 1.29 is 41.4 Å². The number of hydrogen-bond acceptors (Lipinski definition) is 4. The molecule has 7 nitrogen and oxygen atoms in total. The Hall–Kier alpha value is -3.67. The number of nitrogens with one attached hydrogen (secondary N) is 1. The van der Waals surface area contributed by atoms with Crippen molar-refractivity contribution in [1.29, 1.82) is 0 Å². The molecule has 0 radical (unpaired) electrons. The summed E-state index contributed by atoms with van der Waals surface area (Å²) in [6, 6.07) is 8.46. The lowest BCUT2D eigenvalue weighted by atomic mass is 9.88. The number of aromatic nitrogens is 1. The van der Waals surface area contributed by atoms with E-state index >= 15 is 0 Å². The molecular formula is C26H26F5N3O4. The zero-order valence-electron chi connectivity index (χ0n) is 20.2. The Labute approximate surface area is 214 Å². The van der Waals surface area contributed by atoms with Crippen LogP contribution in [-0.4, -0.2) is 59.1 Å². The zero-order chi connectivity index (χ0) is 27.4. The van der Waals surface area contributed by atoms with E-state index in [9.17, 15) is 36.6 Å². The molecule has 2 amide bonds. The lowest BCUT2D eigenvalue weighted by Gasteiger charge is -2.32. The number of carbonyl (C=O) groups is 2. The standard InChI is InChI=1S/C26H26F5N3O4/c27-13-23(36)32-14-16-4-5-21(28)19(12-16)17-6-8-33(9-7-17)25(37)20-15-34(10-11-35)24-18(20)2-1-3-22(24)38-26(29,30)31/h1-5,12,15,17,35H,6-11,13-14H2,(H,32,36). The van der Waals surface area contributed by atoms with E-state index in [-0.39, 0.29) is 55.2 Å². The van der Waals surface area contributed by atoms with Crippen LogP contribution in [0.15, 0.2) is 42.6 Å². The van der Waals surface area contributed by atoms with Gasteiger partial charge in [-0.1, -0.05) is 24.3 Å². The fraction of sp³-hybridized carbons (Fsp3) is 0.385. The molecule has 1 aromatic heterocycles. The molecule has 0 spiro atoms. The van der Waals surface area contributed by atoms with Gasteiger partial charge in [0.25, 0.3) is 11.8 Å². The summed E-state index contributed by atoms with van der Waals surface area (Å²) in [5.74, 6) is -2.24. The van der Waals surface area contributed by atoms with Gasteiger partial charge in [-0.15, -0.1) is 13.2 Å². The number of nitrogens with zero attached hydrogens (tertiary/aromatic N) is 2. The molecule has 4 rings (SSSR count). The summed E-state index contributed by atoms with van der Waals surface area (Å²) in [6.45, 7) is -0.897. The van der Waals surface area contributed by atoms with E-state index in [0.717, 1.165) is 6.07 Å². The quantitative estimate of drug-likeness (QED) is 0.419. The highest BCUT2D eigenvalue weighted by Gasteiger charge is 2.33. The third kappa shape index (κ3) is 6.07. The van der Waals surface area contributed by atoms with Gasteiger partial charge in [0.15, 0.2) is 12.4 Å². The smallest absolute Gasteiger partial charge is 0.404 e. The predicted octanol–water partition coefficient (Wildman–Crippen LogP) is 4.28. The van der Waals surface area contributed by atoms with Crippen molar-refractivity contribution >= 4 is 22.7 Å². The first-order valence-electron chi connectivity index (χ1n) is 12.0. The highest BCUT2D eigenvalue weighted by molar-refractivity contribution is 6.08. The second kappa shape index (κ2) is 11.4. The SMILES string of the molecule is O=C(CF)NCc1ccc(F)c(C2CCN(C(=O)c3cn(CCO)c4c(OC(F)(F)F)cccc34)CC2)c1. The average molecular weight is 540 g/mol. The Balaban J connectivity index is 1.52. The van der Waals surface area contributed by atoms with E-state index in [1.807, 2.05) is 0 Å². The number of aliphatic hydroxyl groups excluding tert-OH is 1. The second-order valence-electron chi connectivity index (χ2n) is 8.99. The highest BCUT2D eigenvalue weighted by Crippen LogP contribution is 2.36. The van der Waals surface area contributed by atoms with E-state index in [1.54, 1.807) is 11.0 Å². The molecule has 1 fully saturated rings. The number of ether oxygens (including phenoxy) is 1. The molecule has 0 saturated carbocycles. The number of aliphatic hydroxyl groups is 1. The molecule has 0 bridgehead atoms. The molecular weight excluding hydrogens is 513 g/mol. The number of amides is 2. The molecule has 3 aromatic rings. The number of hydrogen-bond donors (Lipinski definition) is 2. The molecule has 0 atom stereocenters. The number of alkyl halides is 4. The zero-order valence-corrected chi connectivity index (χ0v) is 20.2. The van der Waals surface area contributed by atoms with Crippen molar-refractivity contribution in [2.75, 3.05) is 26.4 Å². The van der Waals surface area contributed by atoms with E-state index < -0.39 is 36.4 Å². The summed E-state index contributed by atoms with van der Waals surface area (Å²) in [6.07, 6.45) is -2.63. The monoisotopic (exact) mass is 539 g/mol. The normalized spacial score (nSPS) is 14.6. The highest BCUT2D eigenvalue weighted by atomic mass is 19.4. The number of fused-ring (bicyclic) bond motifs is 1. The van der Waals surface area contributed by atoms with Crippen molar-refractivity contribution in [3.8, 4) is 5.75 Å². The van der Waals surface area contributed by atoms with E-state index in [1.165, 1.54) is 35.0 Å². The maximum Gasteiger partial charge on any atom is 0.573 e. The average Bonchev–Trinajstić information content (AvgIpc) is 3.26. The maximum atomic E-state index is 14.6. The first-order valence-corrected chi connectivity index (χ1v) is 12.0. The van der Waals surface area contributed by atoms with Gasteiger partial charge < -0.3 is 24.6 Å². The summed E-state index contributed by atoms with van der Waals surface area (Å²) in [7, 11) is 0.